The van der Waals surface area contributed by atoms with Crippen molar-refractivity contribution < 1.29 is 9.59 Å². The molecule has 2 amide bonds. The van der Waals surface area contributed by atoms with Gasteiger partial charge in [-0.25, -0.2) is 5.01 Å². The molecular formula is C30H30N4O2S. The van der Waals surface area contributed by atoms with Crippen molar-refractivity contribution >= 4 is 40.1 Å². The summed E-state index contributed by atoms with van der Waals surface area (Å²) >= 11 is 1.32. The van der Waals surface area contributed by atoms with Gasteiger partial charge in [0.15, 0.2) is 5.17 Å². The second-order valence-corrected chi connectivity index (χ2v) is 10.6. The second kappa shape index (κ2) is 10.7. The number of thioether (sulfide) groups is 1. The van der Waals surface area contributed by atoms with Crippen LogP contribution in [0.5, 0.6) is 0 Å². The van der Waals surface area contributed by atoms with Gasteiger partial charge >= 0.3 is 0 Å². The highest BCUT2D eigenvalue weighted by Gasteiger charge is 2.39. The lowest BCUT2D eigenvalue weighted by molar-refractivity contribution is -0.121. The number of carbonyl (C=O) groups excluding carboxylic acids is 2. The highest BCUT2D eigenvalue weighted by atomic mass is 32.2. The van der Waals surface area contributed by atoms with Crippen LogP contribution in [0.15, 0.2) is 82.9 Å². The molecule has 0 bridgehead atoms. The Morgan fingerprint density at radius 1 is 1.03 bits per heavy atom. The van der Waals surface area contributed by atoms with E-state index in [9.17, 15) is 9.59 Å². The van der Waals surface area contributed by atoms with Crippen molar-refractivity contribution in [3.8, 4) is 0 Å². The molecule has 2 heterocycles. The first-order valence-electron chi connectivity index (χ1n) is 12.6. The Bertz CT molecular complexity index is 1380. The Hall–Kier alpha value is -3.71. The van der Waals surface area contributed by atoms with Crippen LogP contribution >= 0.6 is 11.8 Å². The quantitative estimate of drug-likeness (QED) is 0.439. The Morgan fingerprint density at radius 2 is 1.78 bits per heavy atom. The molecule has 37 heavy (non-hydrogen) atoms. The van der Waals surface area contributed by atoms with Crippen LogP contribution in [0.1, 0.15) is 53.6 Å². The number of hydrazone groups is 1. The minimum Gasteiger partial charge on any atom is -0.326 e. The minimum absolute atomic E-state index is 0.0579. The number of hydrogen-bond acceptors (Lipinski definition) is 5. The molecule has 0 fully saturated rings. The SMILES string of the molecule is CCc1ccc(C2CC(c3ccccc3)=NN2C2=NC(=O)C(CC(=O)Nc3ccc(C)c(C)c3)S2)cc1. The van der Waals surface area contributed by atoms with Gasteiger partial charge in [0.25, 0.3) is 5.91 Å². The summed E-state index contributed by atoms with van der Waals surface area (Å²) < 4.78 is 0. The smallest absolute Gasteiger partial charge is 0.262 e. The van der Waals surface area contributed by atoms with E-state index >= 15 is 0 Å². The summed E-state index contributed by atoms with van der Waals surface area (Å²) in [6.45, 7) is 6.18. The lowest BCUT2D eigenvalue weighted by Crippen LogP contribution is -2.25. The average Bonchev–Trinajstić information content (AvgIpc) is 3.51. The number of hydrogen-bond donors (Lipinski definition) is 1. The fourth-order valence-corrected chi connectivity index (χ4v) is 5.59. The zero-order valence-electron chi connectivity index (χ0n) is 21.3. The summed E-state index contributed by atoms with van der Waals surface area (Å²) in [6.07, 6.45) is 1.74. The number of nitrogens with zero attached hydrogens (tertiary/aromatic N) is 3. The predicted molar refractivity (Wildman–Crippen MR) is 151 cm³/mol. The summed E-state index contributed by atoms with van der Waals surface area (Å²) in [6, 6.07) is 24.4. The maximum atomic E-state index is 12.8. The van der Waals surface area contributed by atoms with Gasteiger partial charge in [-0.2, -0.15) is 10.1 Å². The van der Waals surface area contributed by atoms with E-state index in [1.165, 1.54) is 17.3 Å². The van der Waals surface area contributed by atoms with Crippen molar-refractivity contribution in [1.82, 2.24) is 5.01 Å². The van der Waals surface area contributed by atoms with Gasteiger partial charge in [0.1, 0.15) is 5.25 Å². The van der Waals surface area contributed by atoms with Gasteiger partial charge in [-0.3, -0.25) is 9.59 Å². The van der Waals surface area contributed by atoms with Crippen molar-refractivity contribution in [2.75, 3.05) is 5.32 Å². The summed E-state index contributed by atoms with van der Waals surface area (Å²) in [4.78, 5) is 30.0. The zero-order valence-corrected chi connectivity index (χ0v) is 22.1. The van der Waals surface area contributed by atoms with Crippen LogP contribution in [-0.2, 0) is 16.0 Å². The molecule has 2 unspecified atom stereocenters. The maximum absolute atomic E-state index is 12.8. The third-order valence-corrected chi connectivity index (χ3v) is 8.02. The Balaban J connectivity index is 1.34. The van der Waals surface area contributed by atoms with Crippen molar-refractivity contribution in [2.24, 2.45) is 10.1 Å². The molecule has 3 aromatic carbocycles. The number of rotatable bonds is 6. The van der Waals surface area contributed by atoms with Crippen molar-refractivity contribution in [3.63, 3.8) is 0 Å². The lowest BCUT2D eigenvalue weighted by atomic mass is 9.97. The zero-order chi connectivity index (χ0) is 25.9. The summed E-state index contributed by atoms with van der Waals surface area (Å²) in [5.41, 5.74) is 7.41. The summed E-state index contributed by atoms with van der Waals surface area (Å²) in [5.74, 6) is -0.495. The Morgan fingerprint density at radius 3 is 2.49 bits per heavy atom. The van der Waals surface area contributed by atoms with Crippen molar-refractivity contribution in [2.45, 2.75) is 51.3 Å². The van der Waals surface area contributed by atoms with E-state index in [1.54, 1.807) is 0 Å². The molecule has 5 rings (SSSR count). The van der Waals surface area contributed by atoms with Crippen molar-refractivity contribution in [3.05, 3.63) is 101 Å². The molecule has 0 aromatic heterocycles. The number of aryl methyl sites for hydroxylation is 3. The lowest BCUT2D eigenvalue weighted by Gasteiger charge is -2.23. The molecule has 2 atom stereocenters. The standard InChI is InChI=1S/C30H30N4O2S/c1-4-21-11-13-23(14-12-21)26-17-25(22-8-6-5-7-9-22)33-34(26)30-32-29(36)27(37-30)18-28(35)31-24-15-10-19(2)20(3)16-24/h5-16,26-27H,4,17-18H2,1-3H3,(H,31,35). The molecule has 0 aliphatic carbocycles. The number of carbonyl (C=O) groups is 2. The maximum Gasteiger partial charge on any atom is 0.262 e. The average molecular weight is 511 g/mol. The molecule has 6 nitrogen and oxygen atoms in total. The van der Waals surface area contributed by atoms with Crippen LogP contribution in [0.25, 0.3) is 0 Å². The molecule has 7 heteroatoms. The summed E-state index contributed by atoms with van der Waals surface area (Å²) in [7, 11) is 0. The molecule has 188 valence electrons. The van der Waals surface area contributed by atoms with Crippen LogP contribution in [0.2, 0.25) is 0 Å². The first kappa shape index (κ1) is 25.0. The molecule has 0 saturated carbocycles. The third-order valence-electron chi connectivity index (χ3n) is 6.88. The minimum atomic E-state index is -0.569. The normalized spacial score (nSPS) is 19.1. The van der Waals surface area contributed by atoms with Crippen LogP contribution in [0.3, 0.4) is 0 Å². The van der Waals surface area contributed by atoms with Gasteiger partial charge in [0, 0.05) is 18.5 Å². The van der Waals surface area contributed by atoms with Crippen molar-refractivity contribution in [1.29, 1.82) is 0 Å². The van der Waals surface area contributed by atoms with E-state index < -0.39 is 5.25 Å². The van der Waals surface area contributed by atoms with Crippen LogP contribution in [0, 0.1) is 13.8 Å². The van der Waals surface area contributed by atoms with Gasteiger partial charge in [-0.05, 0) is 60.2 Å². The second-order valence-electron chi connectivity index (χ2n) is 9.46. The molecule has 0 radical (unpaired) electrons. The third kappa shape index (κ3) is 5.52. The van der Waals surface area contributed by atoms with Gasteiger partial charge in [0.05, 0.1) is 11.8 Å². The first-order valence-corrected chi connectivity index (χ1v) is 13.5. The molecule has 2 aliphatic rings. The van der Waals surface area contributed by atoms with Gasteiger partial charge in [-0.15, -0.1) is 0 Å². The van der Waals surface area contributed by atoms with Crippen LogP contribution < -0.4 is 5.32 Å². The molecule has 3 aromatic rings. The van der Waals surface area contributed by atoms with E-state index in [4.69, 9.17) is 5.10 Å². The molecule has 1 N–H and O–H groups in total. The number of amidine groups is 1. The molecule has 2 aliphatic heterocycles. The number of amides is 2. The van der Waals surface area contributed by atoms with E-state index in [-0.39, 0.29) is 24.3 Å². The Kier molecular flexibility index (Phi) is 7.24. The monoisotopic (exact) mass is 510 g/mol. The van der Waals surface area contributed by atoms with Gasteiger partial charge in [0.2, 0.25) is 5.91 Å². The van der Waals surface area contributed by atoms with E-state index in [0.29, 0.717) is 11.6 Å². The molecule has 0 saturated heterocycles. The van der Waals surface area contributed by atoms with Crippen LogP contribution in [-0.4, -0.2) is 33.0 Å². The molecular weight excluding hydrogens is 480 g/mol. The fourth-order valence-electron chi connectivity index (χ4n) is 4.53. The number of nitrogens with one attached hydrogen (secondary N) is 1. The number of benzene rings is 3. The number of anilines is 1. The largest absolute Gasteiger partial charge is 0.326 e. The summed E-state index contributed by atoms with van der Waals surface area (Å²) in [5, 5.41) is 9.68. The Labute approximate surface area is 221 Å². The highest BCUT2D eigenvalue weighted by molar-refractivity contribution is 8.15. The number of aliphatic imine (C=N–C) groups is 1. The van der Waals surface area contributed by atoms with Gasteiger partial charge in [-0.1, -0.05) is 79.3 Å². The molecule has 0 spiro atoms. The van der Waals surface area contributed by atoms with E-state index in [2.05, 4.69) is 41.5 Å². The van der Waals surface area contributed by atoms with E-state index in [0.717, 1.165) is 40.1 Å². The highest BCUT2D eigenvalue weighted by Crippen LogP contribution is 2.38. The van der Waals surface area contributed by atoms with E-state index in [1.807, 2.05) is 67.4 Å². The van der Waals surface area contributed by atoms with Gasteiger partial charge < -0.3 is 5.32 Å². The fraction of sp³-hybridized carbons (Fsp3) is 0.267. The van der Waals surface area contributed by atoms with Crippen LogP contribution in [0.4, 0.5) is 5.69 Å². The predicted octanol–water partition coefficient (Wildman–Crippen LogP) is 6.04. The first-order chi connectivity index (χ1) is 17.9. The topological polar surface area (TPSA) is 74.1 Å².